The van der Waals surface area contributed by atoms with Gasteiger partial charge in [-0.3, -0.25) is 4.79 Å². The van der Waals surface area contributed by atoms with Crippen LogP contribution in [0.4, 0.5) is 22.0 Å². The lowest BCUT2D eigenvalue weighted by Gasteiger charge is -2.14. The van der Waals surface area contributed by atoms with Gasteiger partial charge in [-0.1, -0.05) is 18.2 Å². The second kappa shape index (κ2) is 7.51. The van der Waals surface area contributed by atoms with Gasteiger partial charge in [0.05, 0.1) is 17.4 Å². The monoisotopic (exact) mass is 409 g/mol. The number of carbonyl (C=O) groups is 1. The lowest BCUT2D eigenvalue weighted by atomic mass is 10.1. The maximum atomic E-state index is 14.0. The number of carbonyl (C=O) groups excluding carboxylic acids is 1. The maximum absolute atomic E-state index is 14.0. The highest BCUT2D eigenvalue weighted by molar-refractivity contribution is 7.89. The molecule has 0 radical (unpaired) electrons. The summed E-state index contributed by atoms with van der Waals surface area (Å²) >= 11 is 0. The number of sulfonamides is 1. The van der Waals surface area contributed by atoms with Gasteiger partial charge in [0, 0.05) is 11.6 Å². The maximum Gasteiger partial charge on any atom is 0.416 e. The van der Waals surface area contributed by atoms with Gasteiger partial charge in [-0.2, -0.15) is 13.2 Å². The number of hydrogen-bond donors (Lipinski definition) is 1. The van der Waals surface area contributed by atoms with Crippen molar-refractivity contribution >= 4 is 15.9 Å². The van der Waals surface area contributed by atoms with E-state index in [4.69, 9.17) is 4.74 Å². The van der Waals surface area contributed by atoms with Crippen LogP contribution in [0.3, 0.4) is 0 Å². The molecular weight excluding hydrogens is 397 g/mol. The van der Waals surface area contributed by atoms with Crippen molar-refractivity contribution in [3.63, 3.8) is 0 Å². The Morgan fingerprint density at radius 2 is 1.74 bits per heavy atom. The second-order valence-corrected chi connectivity index (χ2v) is 7.16. The predicted molar refractivity (Wildman–Crippen MR) is 84.4 cm³/mol. The second-order valence-electron chi connectivity index (χ2n) is 5.41. The van der Waals surface area contributed by atoms with Gasteiger partial charge in [-0.05, 0) is 12.1 Å². The molecule has 0 unspecified atom stereocenters. The Labute approximate surface area is 150 Å². The highest BCUT2D eigenvalue weighted by atomic mass is 32.2. The van der Waals surface area contributed by atoms with E-state index >= 15 is 0 Å². The van der Waals surface area contributed by atoms with E-state index in [0.717, 1.165) is 12.1 Å². The van der Waals surface area contributed by atoms with E-state index in [9.17, 15) is 35.2 Å². The van der Waals surface area contributed by atoms with E-state index in [1.807, 2.05) is 0 Å². The van der Waals surface area contributed by atoms with E-state index in [1.165, 1.54) is 16.9 Å². The van der Waals surface area contributed by atoms with E-state index < -0.39 is 57.2 Å². The summed E-state index contributed by atoms with van der Waals surface area (Å²) < 4.78 is 95.1. The lowest BCUT2D eigenvalue weighted by Crippen LogP contribution is -2.30. The largest absolute Gasteiger partial charge is 0.486 e. The Balaban J connectivity index is 2.25. The number of amides is 1. The van der Waals surface area contributed by atoms with Crippen LogP contribution in [0.1, 0.15) is 21.5 Å². The molecule has 0 fully saturated rings. The fourth-order valence-corrected chi connectivity index (χ4v) is 2.56. The number of alkyl halides is 3. The van der Waals surface area contributed by atoms with Crippen LogP contribution in [-0.2, 0) is 22.8 Å². The fraction of sp³-hybridized carbons (Fsp3) is 0.188. The van der Waals surface area contributed by atoms with Crippen LogP contribution in [-0.4, -0.2) is 20.6 Å². The Morgan fingerprint density at radius 1 is 1.11 bits per heavy atom. The molecule has 0 heterocycles. The van der Waals surface area contributed by atoms with E-state index in [0.29, 0.717) is 18.4 Å². The van der Waals surface area contributed by atoms with Crippen LogP contribution in [0, 0.1) is 11.6 Å². The molecule has 27 heavy (non-hydrogen) atoms. The van der Waals surface area contributed by atoms with Crippen molar-refractivity contribution in [1.29, 1.82) is 0 Å². The number of rotatable bonds is 5. The molecule has 0 aliphatic heterocycles. The van der Waals surface area contributed by atoms with Gasteiger partial charge in [0.1, 0.15) is 12.4 Å². The van der Waals surface area contributed by atoms with Gasteiger partial charge in [0.25, 0.3) is 5.91 Å². The zero-order valence-electron chi connectivity index (χ0n) is 13.6. The smallest absolute Gasteiger partial charge is 0.416 e. The molecule has 11 heteroatoms. The molecule has 2 aromatic rings. The number of nitrogens with one attached hydrogen (secondary N) is 1. The number of benzene rings is 2. The molecule has 5 nitrogen and oxygen atoms in total. The Morgan fingerprint density at radius 3 is 2.33 bits per heavy atom. The standard InChI is InChI=1S/C16H12F5NO4S/c1-27(24,25)22-15(23)10-6-13(18)14(7-12(10)17)26-8-9-4-2-3-5-11(9)16(19,20)21/h2-7H,8H2,1H3,(H,22,23). The molecule has 146 valence electrons. The lowest BCUT2D eigenvalue weighted by molar-refractivity contribution is -0.138. The molecule has 0 spiro atoms. The van der Waals surface area contributed by atoms with Gasteiger partial charge in [-0.15, -0.1) is 0 Å². The van der Waals surface area contributed by atoms with Crippen LogP contribution in [0.15, 0.2) is 36.4 Å². The Kier molecular flexibility index (Phi) is 5.73. The predicted octanol–water partition coefficient (Wildman–Crippen LogP) is 3.25. The summed E-state index contributed by atoms with van der Waals surface area (Å²) in [5, 5.41) is 0. The molecular formula is C16H12F5NO4S. The normalized spacial score (nSPS) is 11.9. The SMILES string of the molecule is CS(=O)(=O)NC(=O)c1cc(F)c(OCc2ccccc2C(F)(F)F)cc1F. The molecule has 0 atom stereocenters. The van der Waals surface area contributed by atoms with Gasteiger partial charge >= 0.3 is 6.18 Å². The molecule has 1 amide bonds. The molecule has 2 aromatic carbocycles. The highest BCUT2D eigenvalue weighted by Gasteiger charge is 2.33. The number of hydrogen-bond acceptors (Lipinski definition) is 4. The Hall–Kier alpha value is -2.69. The summed E-state index contributed by atoms with van der Waals surface area (Å²) in [6.45, 7) is -0.707. The Bertz CT molecular complexity index is 973. The average molecular weight is 409 g/mol. The average Bonchev–Trinajstić information content (AvgIpc) is 2.53. The van der Waals surface area contributed by atoms with Crippen molar-refractivity contribution in [3.8, 4) is 5.75 Å². The first-order chi connectivity index (χ1) is 12.4. The summed E-state index contributed by atoms with van der Waals surface area (Å²) in [5.41, 5.74) is -2.19. The third-order valence-corrected chi connectivity index (χ3v) is 3.81. The van der Waals surface area contributed by atoms with Crippen molar-refractivity contribution in [2.45, 2.75) is 12.8 Å². The van der Waals surface area contributed by atoms with Crippen molar-refractivity contribution < 1.29 is 39.9 Å². The number of ether oxygens (including phenoxy) is 1. The first-order valence-corrected chi connectivity index (χ1v) is 9.06. The highest BCUT2D eigenvalue weighted by Crippen LogP contribution is 2.32. The number of halogens is 5. The van der Waals surface area contributed by atoms with Crippen molar-refractivity contribution in [2.75, 3.05) is 6.26 Å². The van der Waals surface area contributed by atoms with Crippen LogP contribution >= 0.6 is 0 Å². The van der Waals surface area contributed by atoms with Gasteiger partial charge in [0.15, 0.2) is 11.6 Å². The van der Waals surface area contributed by atoms with Crippen LogP contribution in [0.25, 0.3) is 0 Å². The van der Waals surface area contributed by atoms with E-state index in [2.05, 4.69) is 0 Å². The van der Waals surface area contributed by atoms with Gasteiger partial charge in [0.2, 0.25) is 10.0 Å². The van der Waals surface area contributed by atoms with Crippen LogP contribution < -0.4 is 9.46 Å². The fourth-order valence-electron chi connectivity index (χ4n) is 2.11. The minimum absolute atomic E-state index is 0.302. The molecule has 0 aromatic heterocycles. The summed E-state index contributed by atoms with van der Waals surface area (Å²) in [5.74, 6) is -4.69. The molecule has 2 rings (SSSR count). The zero-order valence-corrected chi connectivity index (χ0v) is 14.4. The molecule has 0 saturated carbocycles. The van der Waals surface area contributed by atoms with Gasteiger partial charge in [-0.25, -0.2) is 21.9 Å². The molecule has 1 N–H and O–H groups in total. The minimum Gasteiger partial charge on any atom is -0.486 e. The van der Waals surface area contributed by atoms with Crippen LogP contribution in [0.2, 0.25) is 0 Å². The summed E-state index contributed by atoms with van der Waals surface area (Å²) in [6, 6.07) is 5.26. The third-order valence-electron chi connectivity index (χ3n) is 3.25. The molecule has 0 bridgehead atoms. The first-order valence-electron chi connectivity index (χ1n) is 7.17. The van der Waals surface area contributed by atoms with Crippen molar-refractivity contribution in [3.05, 3.63) is 64.7 Å². The van der Waals surface area contributed by atoms with Crippen molar-refractivity contribution in [2.24, 2.45) is 0 Å². The van der Waals surface area contributed by atoms with E-state index in [-0.39, 0.29) is 5.56 Å². The van der Waals surface area contributed by atoms with Gasteiger partial charge < -0.3 is 4.74 Å². The summed E-state index contributed by atoms with van der Waals surface area (Å²) in [4.78, 5) is 11.6. The quantitative estimate of drug-likeness (QED) is 0.770. The first kappa shape index (κ1) is 20.6. The summed E-state index contributed by atoms with van der Waals surface area (Å²) in [7, 11) is -4.00. The van der Waals surface area contributed by atoms with E-state index in [1.54, 1.807) is 0 Å². The minimum atomic E-state index is -4.66. The van der Waals surface area contributed by atoms with Crippen molar-refractivity contribution in [1.82, 2.24) is 4.72 Å². The third kappa shape index (κ3) is 5.39. The molecule has 0 aliphatic carbocycles. The zero-order chi connectivity index (χ0) is 20.4. The summed E-state index contributed by atoms with van der Waals surface area (Å²) in [6.07, 6.45) is -4.01. The van der Waals surface area contributed by atoms with Crippen LogP contribution in [0.5, 0.6) is 5.75 Å². The molecule has 0 saturated heterocycles. The molecule has 0 aliphatic rings. The topological polar surface area (TPSA) is 72.5 Å².